The van der Waals surface area contributed by atoms with E-state index in [0.29, 0.717) is 28.1 Å². The van der Waals surface area contributed by atoms with E-state index in [1.165, 1.54) is 28.5 Å². The number of nitrogens with one attached hydrogen (secondary N) is 3. The maximum Gasteiger partial charge on any atom is 0.410 e. The number of rotatable bonds is 21. The molecule has 3 N–H and O–H groups in total. The van der Waals surface area contributed by atoms with E-state index in [1.807, 2.05) is 35.8 Å². The molecule has 3 aromatic heterocycles. The number of nitrogens with zero attached hydrogens (tertiary/aromatic N) is 8. The Labute approximate surface area is 519 Å². The molecule has 1 aliphatic carbocycles. The summed E-state index contributed by atoms with van der Waals surface area (Å²) in [6.07, 6.45) is 3.63. The molecule has 0 spiro atoms. The summed E-state index contributed by atoms with van der Waals surface area (Å²) in [4.78, 5) is 93.5. The number of likely N-dealkylation sites (N-methyl/N-ethyl adjacent to an activating group) is 1. The summed E-state index contributed by atoms with van der Waals surface area (Å²) in [5.41, 5.74) is 3.41. The van der Waals surface area contributed by atoms with Crippen LogP contribution in [0.1, 0.15) is 126 Å². The van der Waals surface area contributed by atoms with E-state index in [9.17, 15) is 37.5 Å². The highest BCUT2D eigenvalue weighted by Gasteiger charge is 2.39. The van der Waals surface area contributed by atoms with Crippen LogP contribution < -0.4 is 20.7 Å². The Morgan fingerprint density at radius 3 is 2.17 bits per heavy atom. The molecule has 3 aliphatic rings. The molecule has 1 saturated heterocycles. The van der Waals surface area contributed by atoms with E-state index in [0.717, 1.165) is 76.5 Å². The minimum atomic E-state index is -1.19. The SMILES string of the molecule is Cc1sc2c(c1C)C(c1ccc(Cl)cc1)=N[C@@H](CC(=O)Nc1ccc(OCCOCCOCCNC(=O)c3c(C(=O)N4CCN(C(=O)[C@@H](NC(=O)[C@H](C)N(C)C(=O)OC(C)(C)C)C5CCCCC5)CC4)n(C)c4cc(F)c(F)cc34)cc1)c1nnc(C)n1-2. The first-order valence-corrected chi connectivity index (χ1v) is 30.8. The van der Waals surface area contributed by atoms with Crippen molar-refractivity contribution in [3.63, 3.8) is 0 Å². The van der Waals surface area contributed by atoms with Crippen molar-refractivity contribution in [3.8, 4) is 10.8 Å². The van der Waals surface area contributed by atoms with Crippen LogP contribution in [0.25, 0.3) is 15.9 Å². The van der Waals surface area contributed by atoms with Crippen molar-refractivity contribution in [2.45, 2.75) is 111 Å². The van der Waals surface area contributed by atoms with Crippen molar-refractivity contribution in [3.05, 3.63) is 122 Å². The molecule has 470 valence electrons. The van der Waals surface area contributed by atoms with Gasteiger partial charge in [0.15, 0.2) is 17.5 Å². The first-order chi connectivity index (χ1) is 42.0. The Morgan fingerprint density at radius 2 is 1.49 bits per heavy atom. The van der Waals surface area contributed by atoms with Gasteiger partial charge in [0, 0.05) is 85.0 Å². The van der Waals surface area contributed by atoms with Gasteiger partial charge in [-0.3, -0.25) is 38.4 Å². The molecule has 5 heterocycles. The molecule has 0 bridgehead atoms. The van der Waals surface area contributed by atoms with E-state index in [1.54, 1.807) is 68.2 Å². The second-order valence-electron chi connectivity index (χ2n) is 23.3. The molecular weight excluding hydrogens is 1180 g/mol. The first kappa shape index (κ1) is 64.7. The van der Waals surface area contributed by atoms with Gasteiger partial charge in [0.2, 0.25) is 17.7 Å². The van der Waals surface area contributed by atoms with Gasteiger partial charge >= 0.3 is 6.09 Å². The quantitative estimate of drug-likeness (QED) is 0.0573. The number of anilines is 1. The lowest BCUT2D eigenvalue weighted by atomic mass is 9.83. The molecule has 3 atom stereocenters. The molecule has 2 aliphatic heterocycles. The Morgan fingerprint density at radius 1 is 0.841 bits per heavy atom. The zero-order chi connectivity index (χ0) is 63.1. The van der Waals surface area contributed by atoms with Crippen LogP contribution in [-0.2, 0) is 35.6 Å². The smallest absolute Gasteiger partial charge is 0.410 e. The Hall–Kier alpha value is -7.80. The lowest BCUT2D eigenvalue weighted by Crippen LogP contribution is -2.60. The fraction of sp³-hybridized carbons (Fsp3) is 0.476. The molecule has 2 fully saturated rings. The Bertz CT molecular complexity index is 3590. The van der Waals surface area contributed by atoms with E-state index >= 15 is 0 Å². The average Bonchev–Trinajstić information content (AvgIpc) is 1.91. The third-order valence-electron chi connectivity index (χ3n) is 16.2. The molecule has 88 heavy (non-hydrogen) atoms. The minimum absolute atomic E-state index is 0.0113. The lowest BCUT2D eigenvalue weighted by Gasteiger charge is -2.39. The molecule has 6 aromatic rings. The predicted molar refractivity (Wildman–Crippen MR) is 330 cm³/mol. The highest BCUT2D eigenvalue weighted by Crippen LogP contribution is 2.40. The van der Waals surface area contributed by atoms with E-state index in [-0.39, 0.29) is 112 Å². The van der Waals surface area contributed by atoms with Gasteiger partial charge in [-0.1, -0.05) is 43.0 Å². The number of carbonyl (C=O) groups is 6. The maximum atomic E-state index is 14.8. The van der Waals surface area contributed by atoms with E-state index in [2.05, 4.69) is 40.0 Å². The number of carbonyl (C=O) groups excluding carboxylic acids is 6. The highest BCUT2D eigenvalue weighted by atomic mass is 35.5. The maximum absolute atomic E-state index is 14.8. The fourth-order valence-corrected chi connectivity index (χ4v) is 12.5. The number of piperazine rings is 1. The number of halogens is 3. The van der Waals surface area contributed by atoms with E-state index < -0.39 is 59.2 Å². The summed E-state index contributed by atoms with van der Waals surface area (Å²) in [6.45, 7) is 14.1. The number of benzene rings is 3. The molecule has 3 aromatic carbocycles. The summed E-state index contributed by atoms with van der Waals surface area (Å²) >= 11 is 7.90. The second kappa shape index (κ2) is 28.1. The van der Waals surface area contributed by atoms with Gasteiger partial charge in [-0.05, 0) is 115 Å². The average molecular weight is 1250 g/mol. The van der Waals surface area contributed by atoms with Crippen molar-refractivity contribution in [2.24, 2.45) is 18.0 Å². The van der Waals surface area contributed by atoms with Crippen LogP contribution in [0, 0.1) is 38.3 Å². The normalized spacial score (nSPS) is 16.0. The number of aromatic nitrogens is 4. The number of hydrogen-bond acceptors (Lipinski definition) is 14. The molecular formula is C63H76ClF2N11O10S. The number of fused-ring (bicyclic) bond motifs is 4. The van der Waals surface area contributed by atoms with E-state index in [4.69, 9.17) is 35.5 Å². The number of aliphatic imine (C=N–C) groups is 1. The van der Waals surface area contributed by atoms with Gasteiger partial charge in [0.1, 0.15) is 52.6 Å². The largest absolute Gasteiger partial charge is 0.491 e. The van der Waals surface area contributed by atoms with Crippen LogP contribution in [0.5, 0.6) is 5.75 Å². The molecule has 25 heteroatoms. The Kier molecular flexibility index (Phi) is 20.7. The van der Waals surface area contributed by atoms with Gasteiger partial charge in [-0.2, -0.15) is 0 Å². The van der Waals surface area contributed by atoms with Gasteiger partial charge in [-0.25, -0.2) is 13.6 Å². The molecule has 1 saturated carbocycles. The number of thiophene rings is 1. The summed E-state index contributed by atoms with van der Waals surface area (Å²) in [6, 6.07) is 13.9. The number of ether oxygens (including phenoxy) is 4. The van der Waals surface area contributed by atoms with Crippen LogP contribution in [0.3, 0.4) is 0 Å². The van der Waals surface area contributed by atoms with Gasteiger partial charge in [0.05, 0.1) is 49.6 Å². The van der Waals surface area contributed by atoms with Crippen molar-refractivity contribution in [1.82, 2.24) is 44.7 Å². The predicted octanol–water partition coefficient (Wildman–Crippen LogP) is 9.05. The molecule has 0 radical (unpaired) electrons. The van der Waals surface area contributed by atoms with Crippen molar-refractivity contribution < 1.29 is 56.5 Å². The molecule has 21 nitrogen and oxygen atoms in total. The van der Waals surface area contributed by atoms with Crippen molar-refractivity contribution in [2.75, 3.05) is 78.1 Å². The molecule has 6 amide bonds. The third-order valence-corrected chi connectivity index (χ3v) is 17.6. The van der Waals surface area contributed by atoms with Crippen LogP contribution in [0.4, 0.5) is 19.3 Å². The summed E-state index contributed by atoms with van der Waals surface area (Å²) in [5, 5.41) is 19.2. The monoisotopic (exact) mass is 1250 g/mol. The first-order valence-electron chi connectivity index (χ1n) is 29.6. The number of amides is 6. The second-order valence-corrected chi connectivity index (χ2v) is 25.0. The summed E-state index contributed by atoms with van der Waals surface area (Å²) in [7, 11) is 2.97. The number of aryl methyl sites for hydroxylation is 3. The van der Waals surface area contributed by atoms with Crippen molar-refractivity contribution in [1.29, 1.82) is 0 Å². The fourth-order valence-electron chi connectivity index (χ4n) is 11.2. The zero-order valence-corrected chi connectivity index (χ0v) is 52.7. The lowest BCUT2D eigenvalue weighted by molar-refractivity contribution is -0.140. The van der Waals surface area contributed by atoms with Crippen LogP contribution >= 0.6 is 22.9 Å². The topological polar surface area (TPSA) is 233 Å². The van der Waals surface area contributed by atoms with Crippen molar-refractivity contribution >= 4 is 80.9 Å². The van der Waals surface area contributed by atoms with Crippen LogP contribution in [-0.4, -0.2) is 166 Å². The third kappa shape index (κ3) is 14.8. The minimum Gasteiger partial charge on any atom is -0.491 e. The standard InChI is InChI=1S/C63H76ClF2N11O10S/c1-36-38(3)88-61-51(36)53(41-15-17-42(64)18-16-41)69-48(56-72-71-39(4)77(56)61)35-50(78)68-43-19-21-44(22-20-43)86-32-31-85-30-29-84-28-23-67-58(80)52-45-33-46(65)47(66)34-49(45)74(9)55(52)60(82)76-26-24-75(25-27-76)59(81)54(40-13-11-10-12-14-40)70-57(79)37(2)73(8)62(83)87-63(5,6)7/h15-22,33-34,37,40,48,54H,10-14,23-32,35H2,1-9H3,(H,67,80)(H,68,78)(H,70,79)/t37-,48-,54-/m0/s1. The zero-order valence-electron chi connectivity index (χ0n) is 51.1. The Balaban J connectivity index is 0.724. The van der Waals surface area contributed by atoms with Gasteiger partial charge in [-0.15, -0.1) is 21.5 Å². The number of hydrogen-bond donors (Lipinski definition) is 3. The molecule has 0 unspecified atom stereocenters. The van der Waals surface area contributed by atoms with Gasteiger partial charge < -0.3 is 49.3 Å². The highest BCUT2D eigenvalue weighted by molar-refractivity contribution is 7.15. The molecule has 9 rings (SSSR count). The summed E-state index contributed by atoms with van der Waals surface area (Å²) in [5.74, 6) is -2.95. The van der Waals surface area contributed by atoms with Crippen LogP contribution in [0.2, 0.25) is 5.02 Å². The summed E-state index contributed by atoms with van der Waals surface area (Å²) < 4.78 is 55.6. The van der Waals surface area contributed by atoms with Crippen LogP contribution in [0.15, 0.2) is 65.7 Å². The van der Waals surface area contributed by atoms with Gasteiger partial charge in [0.25, 0.3) is 11.8 Å².